The van der Waals surface area contributed by atoms with E-state index >= 15 is 0 Å². The summed E-state index contributed by atoms with van der Waals surface area (Å²) in [5.41, 5.74) is 4.63. The fraction of sp³-hybridized carbons (Fsp3) is 0.667. The minimum Gasteiger partial charge on any atom is -0.394 e. The second-order valence-electron chi connectivity index (χ2n) is 6.01. The van der Waals surface area contributed by atoms with E-state index in [1.165, 1.54) is 19.2 Å². The molecule has 1 saturated heterocycles. The minimum absolute atomic E-state index is 0.0537. The van der Waals surface area contributed by atoms with Crippen LogP contribution in [-0.4, -0.2) is 90.2 Å². The lowest BCUT2D eigenvalue weighted by atomic mass is 10.0. The van der Waals surface area contributed by atoms with E-state index in [0.717, 1.165) is 4.57 Å². The van der Waals surface area contributed by atoms with Gasteiger partial charge in [-0.2, -0.15) is 4.98 Å². The summed E-state index contributed by atoms with van der Waals surface area (Å²) in [4.78, 5) is 25.0. The molecule has 0 bridgehead atoms. The van der Waals surface area contributed by atoms with Crippen molar-refractivity contribution in [3.63, 3.8) is 0 Å². The van der Waals surface area contributed by atoms with Gasteiger partial charge in [0.15, 0.2) is 6.23 Å². The number of aliphatic hydroxyl groups excluding tert-OH is 6. The summed E-state index contributed by atoms with van der Waals surface area (Å²) in [6, 6.07) is 1.37. The largest absolute Gasteiger partial charge is 0.394 e. The van der Waals surface area contributed by atoms with Crippen LogP contribution < -0.4 is 11.4 Å². The Morgan fingerprint density at radius 1 is 1.33 bits per heavy atom. The molecule has 0 aromatic carbocycles. The first-order valence-electron chi connectivity index (χ1n) is 8.07. The number of aromatic nitrogens is 2. The Kier molecular flexibility index (Phi) is 8.92. The van der Waals surface area contributed by atoms with Gasteiger partial charge in [-0.25, -0.2) is 4.79 Å². The number of rotatable bonds is 6. The molecule has 1 aliphatic rings. The molecule has 0 amide bonds. The number of nitrogens with two attached hydrogens (primary N) is 1. The Morgan fingerprint density at radius 2 is 1.96 bits per heavy atom. The van der Waals surface area contributed by atoms with Crippen molar-refractivity contribution in [2.75, 3.05) is 18.9 Å². The van der Waals surface area contributed by atoms with Gasteiger partial charge in [0.25, 0.3) is 0 Å². The van der Waals surface area contributed by atoms with E-state index in [4.69, 9.17) is 30.9 Å². The Balaban J connectivity index is 0.000000314. The molecule has 0 radical (unpaired) electrons. The molecule has 1 fully saturated rings. The van der Waals surface area contributed by atoms with E-state index in [1.54, 1.807) is 0 Å². The molecule has 154 valence electrons. The number of carbonyl (C=O) groups excluding carboxylic acids is 1. The predicted octanol–water partition coefficient (Wildman–Crippen LogP) is -4.03. The van der Waals surface area contributed by atoms with Gasteiger partial charge in [-0.3, -0.25) is 4.57 Å². The van der Waals surface area contributed by atoms with Crippen molar-refractivity contribution >= 4 is 12.1 Å². The van der Waals surface area contributed by atoms with Crippen LogP contribution in [0.2, 0.25) is 0 Å². The number of aliphatic hydroxyl groups is 6. The molecule has 27 heavy (non-hydrogen) atoms. The molecule has 12 nitrogen and oxygen atoms in total. The maximum Gasteiger partial charge on any atom is 0.351 e. The van der Waals surface area contributed by atoms with Crippen molar-refractivity contribution in [2.24, 2.45) is 5.92 Å². The highest BCUT2D eigenvalue weighted by atomic mass is 16.6. The maximum absolute atomic E-state index is 11.5. The topological polar surface area (TPSA) is 209 Å². The standard InChI is InChI=1S/C9H13N3O5.C6H12O4/c10-5-1-2-12(9(16)11-5)8-7(15)6(14)4(3-13)17-8;1-4(2-7)6(10)5(9)3-8/h1-2,4,6-8,13-15H,3H2,(H2,10,11,16);2,4-6,8-10H,3H2,1H3/t4-,6-,7-,8-;/m1./s1. The smallest absolute Gasteiger partial charge is 0.351 e. The number of aldehydes is 1. The predicted molar refractivity (Wildman–Crippen MR) is 90.2 cm³/mol. The molecule has 1 aromatic rings. The van der Waals surface area contributed by atoms with Gasteiger partial charge in [0.05, 0.1) is 19.3 Å². The van der Waals surface area contributed by atoms with E-state index in [2.05, 4.69) is 4.98 Å². The number of nitrogen functional groups attached to an aromatic ring is 1. The van der Waals surface area contributed by atoms with Crippen LogP contribution in [0.1, 0.15) is 13.2 Å². The number of carbonyl (C=O) groups is 1. The Bertz CT molecular complexity index is 656. The van der Waals surface area contributed by atoms with Gasteiger partial charge in [0.1, 0.15) is 36.5 Å². The van der Waals surface area contributed by atoms with E-state index in [1.807, 2.05) is 0 Å². The van der Waals surface area contributed by atoms with Crippen molar-refractivity contribution < 1.29 is 40.2 Å². The van der Waals surface area contributed by atoms with E-state index in [9.17, 15) is 19.8 Å². The zero-order valence-corrected chi connectivity index (χ0v) is 14.6. The number of anilines is 1. The van der Waals surface area contributed by atoms with Gasteiger partial charge in [-0.05, 0) is 6.07 Å². The monoisotopic (exact) mass is 391 g/mol. The van der Waals surface area contributed by atoms with Gasteiger partial charge in [0, 0.05) is 12.1 Å². The van der Waals surface area contributed by atoms with Crippen LogP contribution in [-0.2, 0) is 9.53 Å². The highest BCUT2D eigenvalue weighted by molar-refractivity contribution is 5.53. The van der Waals surface area contributed by atoms with Crippen LogP contribution in [0.15, 0.2) is 17.1 Å². The van der Waals surface area contributed by atoms with Crippen molar-refractivity contribution in [3.05, 3.63) is 22.7 Å². The zero-order valence-electron chi connectivity index (χ0n) is 14.6. The average Bonchev–Trinajstić information content (AvgIpc) is 2.94. The summed E-state index contributed by atoms with van der Waals surface area (Å²) < 4.78 is 6.19. The van der Waals surface area contributed by atoms with E-state index < -0.39 is 61.6 Å². The molecule has 1 aliphatic heterocycles. The Hall–Kier alpha value is -1.93. The molecule has 8 N–H and O–H groups in total. The fourth-order valence-electron chi connectivity index (χ4n) is 2.27. The van der Waals surface area contributed by atoms with Gasteiger partial charge in [-0.1, -0.05) is 6.92 Å². The van der Waals surface area contributed by atoms with E-state index in [-0.39, 0.29) is 5.82 Å². The van der Waals surface area contributed by atoms with Crippen LogP contribution in [0.4, 0.5) is 5.82 Å². The highest BCUT2D eigenvalue weighted by Gasteiger charge is 2.43. The lowest BCUT2D eigenvalue weighted by Gasteiger charge is -2.17. The molecule has 0 spiro atoms. The number of hydrogen-bond donors (Lipinski definition) is 7. The summed E-state index contributed by atoms with van der Waals surface area (Å²) in [7, 11) is 0. The molecule has 2 heterocycles. The zero-order chi connectivity index (χ0) is 20.7. The fourth-order valence-corrected chi connectivity index (χ4v) is 2.27. The molecule has 0 saturated carbocycles. The van der Waals surface area contributed by atoms with Gasteiger partial charge in [0.2, 0.25) is 0 Å². The first kappa shape index (κ1) is 23.1. The lowest BCUT2D eigenvalue weighted by molar-refractivity contribution is -0.117. The van der Waals surface area contributed by atoms with Crippen molar-refractivity contribution in [2.45, 2.75) is 43.7 Å². The maximum atomic E-state index is 11.5. The third-order valence-electron chi connectivity index (χ3n) is 3.98. The summed E-state index contributed by atoms with van der Waals surface area (Å²) in [6.07, 6.45) is -5.12. The molecule has 2 rings (SSSR count). The summed E-state index contributed by atoms with van der Waals surface area (Å²) in [6.45, 7) is 0.488. The quantitative estimate of drug-likeness (QED) is 0.232. The molecule has 0 aliphatic carbocycles. The van der Waals surface area contributed by atoms with Crippen molar-refractivity contribution in [3.8, 4) is 0 Å². The molecule has 12 heteroatoms. The normalized spacial score (nSPS) is 28.0. The second kappa shape index (κ2) is 10.4. The molecular weight excluding hydrogens is 366 g/mol. The first-order valence-corrected chi connectivity index (χ1v) is 8.07. The SMILES string of the molecule is CC(C=O)C(O)C(O)CO.Nc1ccn([C@@H]2O[C@H](CO)[C@@H](O)[C@H]2O)c(=O)n1. The first-order chi connectivity index (χ1) is 12.7. The summed E-state index contributed by atoms with van der Waals surface area (Å²) in [5.74, 6) is -0.583. The van der Waals surface area contributed by atoms with Crippen LogP contribution in [0.25, 0.3) is 0 Å². The average molecular weight is 391 g/mol. The Morgan fingerprint density at radius 3 is 2.41 bits per heavy atom. The van der Waals surface area contributed by atoms with Gasteiger partial charge in [-0.15, -0.1) is 0 Å². The van der Waals surface area contributed by atoms with Crippen LogP contribution in [0.5, 0.6) is 0 Å². The minimum atomic E-state index is -1.31. The van der Waals surface area contributed by atoms with E-state index in [0.29, 0.717) is 6.29 Å². The molecule has 3 unspecified atom stereocenters. The lowest BCUT2D eigenvalue weighted by Crippen LogP contribution is -2.36. The third kappa shape index (κ3) is 5.77. The third-order valence-corrected chi connectivity index (χ3v) is 3.98. The van der Waals surface area contributed by atoms with Crippen LogP contribution in [0, 0.1) is 5.92 Å². The number of hydrogen-bond acceptors (Lipinski definition) is 11. The molecule has 7 atom stereocenters. The summed E-state index contributed by atoms with van der Waals surface area (Å²) >= 11 is 0. The number of ether oxygens (including phenoxy) is 1. The Labute approximate surface area is 154 Å². The molecular formula is C15H25N3O9. The van der Waals surface area contributed by atoms with Gasteiger partial charge >= 0.3 is 5.69 Å². The van der Waals surface area contributed by atoms with Gasteiger partial charge < -0.3 is 45.9 Å². The molecule has 1 aromatic heterocycles. The summed E-state index contributed by atoms with van der Waals surface area (Å²) in [5, 5.41) is 54.2. The number of nitrogens with zero attached hydrogens (tertiary/aromatic N) is 2. The highest BCUT2D eigenvalue weighted by Crippen LogP contribution is 2.27. The van der Waals surface area contributed by atoms with Crippen LogP contribution >= 0.6 is 0 Å². The van der Waals surface area contributed by atoms with Crippen molar-refractivity contribution in [1.82, 2.24) is 9.55 Å². The van der Waals surface area contributed by atoms with Crippen molar-refractivity contribution in [1.29, 1.82) is 0 Å². The van der Waals surface area contributed by atoms with Crippen LogP contribution in [0.3, 0.4) is 0 Å². The second-order valence-corrected chi connectivity index (χ2v) is 6.01.